The first-order valence-corrected chi connectivity index (χ1v) is 7.28. The van der Waals surface area contributed by atoms with Crippen LogP contribution in [0.15, 0.2) is 59.7 Å². The minimum atomic E-state index is -4.82. The third-order valence-electron chi connectivity index (χ3n) is 3.86. The molecule has 130 valence electrons. The number of aliphatic hydroxyl groups is 1. The molecule has 0 bridgehead atoms. The number of rotatable bonds is 2. The zero-order valence-electron chi connectivity index (χ0n) is 12.7. The van der Waals surface area contributed by atoms with E-state index in [1.165, 1.54) is 48.5 Å². The van der Waals surface area contributed by atoms with Gasteiger partial charge in [-0.1, -0.05) is 36.4 Å². The summed E-state index contributed by atoms with van der Waals surface area (Å²) in [5.74, 6) is -1.35. The van der Waals surface area contributed by atoms with Crippen LogP contribution in [0.3, 0.4) is 0 Å². The number of benzene rings is 2. The number of alkyl halides is 3. The summed E-state index contributed by atoms with van der Waals surface area (Å²) in [5, 5.41) is 24.6. The Labute approximate surface area is 140 Å². The van der Waals surface area contributed by atoms with Crippen LogP contribution in [0.25, 0.3) is 0 Å². The number of nitrogens with zero attached hydrogens (tertiary/aromatic N) is 2. The first kappa shape index (κ1) is 17.0. The molecule has 5 nitrogen and oxygen atoms in total. The third-order valence-corrected chi connectivity index (χ3v) is 3.86. The monoisotopic (exact) mass is 350 g/mol. The zero-order chi connectivity index (χ0) is 18.2. The van der Waals surface area contributed by atoms with E-state index in [1.54, 1.807) is 6.07 Å². The number of amides is 1. The average molecular weight is 350 g/mol. The molecule has 3 rings (SSSR count). The highest BCUT2D eigenvalue weighted by Gasteiger charge is 2.54. The predicted octanol–water partition coefficient (Wildman–Crippen LogP) is 3.00. The van der Waals surface area contributed by atoms with Crippen molar-refractivity contribution in [1.29, 1.82) is 0 Å². The van der Waals surface area contributed by atoms with E-state index in [1.807, 2.05) is 0 Å². The number of halogens is 3. The second-order valence-corrected chi connectivity index (χ2v) is 5.54. The van der Waals surface area contributed by atoms with Gasteiger partial charge in [0.25, 0.3) is 5.91 Å². The fraction of sp³-hybridized carbons (Fsp3) is 0.176. The maximum Gasteiger partial charge on any atom is 0.431 e. The lowest BCUT2D eigenvalue weighted by Crippen LogP contribution is -2.43. The molecule has 0 aromatic heterocycles. The first-order chi connectivity index (χ1) is 11.7. The van der Waals surface area contributed by atoms with Crippen LogP contribution in [0.4, 0.5) is 13.2 Å². The van der Waals surface area contributed by atoms with Crippen LogP contribution >= 0.6 is 0 Å². The minimum absolute atomic E-state index is 0.0588. The number of phenols is 1. The van der Waals surface area contributed by atoms with Crippen LogP contribution < -0.4 is 0 Å². The molecule has 0 saturated carbocycles. The normalized spacial score (nSPS) is 20.5. The van der Waals surface area contributed by atoms with Crippen molar-refractivity contribution in [3.05, 3.63) is 65.7 Å². The number of hydrogen-bond donors (Lipinski definition) is 2. The lowest BCUT2D eigenvalue weighted by atomic mass is 9.95. The van der Waals surface area contributed by atoms with Gasteiger partial charge in [-0.2, -0.15) is 23.3 Å². The molecule has 0 aliphatic carbocycles. The van der Waals surface area contributed by atoms with Crippen LogP contribution in [0, 0.1) is 0 Å². The zero-order valence-corrected chi connectivity index (χ0v) is 12.7. The molecule has 0 fully saturated rings. The maximum absolute atomic E-state index is 13.1. The van der Waals surface area contributed by atoms with Gasteiger partial charge in [0.15, 0.2) is 5.72 Å². The lowest BCUT2D eigenvalue weighted by Gasteiger charge is -2.31. The summed E-state index contributed by atoms with van der Waals surface area (Å²) in [6.07, 6.45) is -5.79. The number of carbonyl (C=O) groups excluding carboxylic acids is 1. The smallest absolute Gasteiger partial charge is 0.431 e. The molecular formula is C17H13F3N2O3. The largest absolute Gasteiger partial charge is 0.507 e. The Bertz CT molecular complexity index is 837. The fourth-order valence-corrected chi connectivity index (χ4v) is 2.64. The van der Waals surface area contributed by atoms with E-state index in [0.717, 1.165) is 0 Å². The second-order valence-electron chi connectivity index (χ2n) is 5.54. The van der Waals surface area contributed by atoms with Crippen LogP contribution in [0.1, 0.15) is 22.3 Å². The van der Waals surface area contributed by atoms with Gasteiger partial charge in [-0.25, -0.2) is 0 Å². The van der Waals surface area contributed by atoms with E-state index >= 15 is 0 Å². The number of para-hydroxylation sites is 1. The van der Waals surface area contributed by atoms with Crippen molar-refractivity contribution in [2.24, 2.45) is 5.10 Å². The summed E-state index contributed by atoms with van der Waals surface area (Å²) in [5.41, 5.74) is -3.92. The summed E-state index contributed by atoms with van der Waals surface area (Å²) < 4.78 is 39.4. The van der Waals surface area contributed by atoms with Gasteiger partial charge in [-0.05, 0) is 18.2 Å². The number of hydrogen-bond acceptors (Lipinski definition) is 4. The average Bonchev–Trinajstić information content (AvgIpc) is 2.94. The van der Waals surface area contributed by atoms with Gasteiger partial charge in [0.2, 0.25) is 0 Å². The van der Waals surface area contributed by atoms with E-state index in [-0.39, 0.29) is 11.1 Å². The fourth-order valence-electron chi connectivity index (χ4n) is 2.64. The molecule has 1 heterocycles. The molecule has 0 spiro atoms. The molecule has 2 aromatic rings. The molecule has 2 aromatic carbocycles. The molecular weight excluding hydrogens is 337 g/mol. The summed E-state index contributed by atoms with van der Waals surface area (Å²) >= 11 is 0. The van der Waals surface area contributed by atoms with Crippen molar-refractivity contribution in [2.75, 3.05) is 0 Å². The Morgan fingerprint density at radius 3 is 2.28 bits per heavy atom. The highest BCUT2D eigenvalue weighted by molar-refractivity contribution is 5.99. The SMILES string of the molecule is O=C(c1ccccc1)N1N=C(C(F)(F)F)C[C@]1(O)c1ccccc1O. The molecule has 0 saturated heterocycles. The molecule has 8 heteroatoms. The second kappa shape index (κ2) is 5.89. The Kier molecular flexibility index (Phi) is 4.00. The number of aromatic hydroxyl groups is 1. The molecule has 1 aliphatic heterocycles. The minimum Gasteiger partial charge on any atom is -0.507 e. The lowest BCUT2D eigenvalue weighted by molar-refractivity contribution is -0.0826. The Balaban J connectivity index is 2.11. The van der Waals surface area contributed by atoms with Gasteiger partial charge in [0, 0.05) is 11.1 Å². The predicted molar refractivity (Wildman–Crippen MR) is 82.7 cm³/mol. The highest BCUT2D eigenvalue weighted by atomic mass is 19.4. The summed E-state index contributed by atoms with van der Waals surface area (Å²) in [4.78, 5) is 12.6. The van der Waals surface area contributed by atoms with Crippen molar-refractivity contribution in [3.63, 3.8) is 0 Å². The van der Waals surface area contributed by atoms with Gasteiger partial charge in [0.1, 0.15) is 11.5 Å². The summed E-state index contributed by atoms with van der Waals surface area (Å²) in [6, 6.07) is 12.9. The molecule has 0 unspecified atom stereocenters. The van der Waals surface area contributed by atoms with E-state index in [9.17, 15) is 28.2 Å². The number of phenolic OH excluding ortho intramolecular Hbond substituents is 1. The molecule has 1 amide bonds. The van der Waals surface area contributed by atoms with E-state index in [2.05, 4.69) is 5.10 Å². The molecule has 2 N–H and O–H groups in total. The molecule has 1 aliphatic rings. The molecule has 1 atom stereocenters. The standard InChI is InChI=1S/C17H13F3N2O3/c18-17(19,20)14-10-16(25,12-8-4-5-9-13(12)23)22(21-14)15(24)11-6-2-1-3-7-11/h1-9,23,25H,10H2/t16-/m0/s1. The highest BCUT2D eigenvalue weighted by Crippen LogP contribution is 2.43. The van der Waals surface area contributed by atoms with E-state index < -0.39 is 35.7 Å². The Hall–Kier alpha value is -2.87. The maximum atomic E-state index is 13.1. The Morgan fingerprint density at radius 2 is 1.68 bits per heavy atom. The topological polar surface area (TPSA) is 73.1 Å². The van der Waals surface area contributed by atoms with Crippen LogP contribution in [0.5, 0.6) is 5.75 Å². The summed E-state index contributed by atoms with van der Waals surface area (Å²) in [7, 11) is 0. The Morgan fingerprint density at radius 1 is 1.08 bits per heavy atom. The van der Waals surface area contributed by atoms with Gasteiger partial charge >= 0.3 is 6.18 Å². The van der Waals surface area contributed by atoms with E-state index in [0.29, 0.717) is 5.01 Å². The third kappa shape index (κ3) is 2.96. The van der Waals surface area contributed by atoms with Crippen molar-refractivity contribution in [1.82, 2.24) is 5.01 Å². The van der Waals surface area contributed by atoms with Gasteiger partial charge < -0.3 is 10.2 Å². The van der Waals surface area contributed by atoms with Crippen molar-refractivity contribution in [2.45, 2.75) is 18.3 Å². The van der Waals surface area contributed by atoms with Gasteiger partial charge in [0.05, 0.1) is 6.42 Å². The first-order valence-electron chi connectivity index (χ1n) is 7.28. The van der Waals surface area contributed by atoms with Gasteiger partial charge in [-0.3, -0.25) is 4.79 Å². The van der Waals surface area contributed by atoms with Crippen molar-refractivity contribution >= 4 is 11.6 Å². The quantitative estimate of drug-likeness (QED) is 0.874. The van der Waals surface area contributed by atoms with Gasteiger partial charge in [-0.15, -0.1) is 0 Å². The van der Waals surface area contributed by atoms with Crippen LogP contribution in [0.2, 0.25) is 0 Å². The van der Waals surface area contributed by atoms with E-state index in [4.69, 9.17) is 0 Å². The molecule has 25 heavy (non-hydrogen) atoms. The summed E-state index contributed by atoms with van der Waals surface area (Å²) in [6.45, 7) is 0. The number of carbonyl (C=O) groups is 1. The van der Waals surface area contributed by atoms with Crippen LogP contribution in [-0.4, -0.2) is 33.0 Å². The molecule has 0 radical (unpaired) electrons. The van der Waals surface area contributed by atoms with Crippen LogP contribution in [-0.2, 0) is 5.72 Å². The van der Waals surface area contributed by atoms with Crippen molar-refractivity contribution < 1.29 is 28.2 Å². The van der Waals surface area contributed by atoms with Crippen molar-refractivity contribution in [3.8, 4) is 5.75 Å². The number of hydrazone groups is 1.